The van der Waals surface area contributed by atoms with E-state index < -0.39 is 15.1 Å². The zero-order valence-corrected chi connectivity index (χ0v) is 19.6. The minimum absolute atomic E-state index is 0.00363. The first kappa shape index (κ1) is 22.5. The summed E-state index contributed by atoms with van der Waals surface area (Å²) in [6.07, 6.45) is 1.04. The topological polar surface area (TPSA) is 102 Å². The van der Waals surface area contributed by atoms with Crippen LogP contribution in [0.25, 0.3) is 0 Å². The van der Waals surface area contributed by atoms with Gasteiger partial charge in [0.15, 0.2) is 9.84 Å². The number of anilines is 1. The van der Waals surface area contributed by atoms with Crippen LogP contribution in [0.2, 0.25) is 0 Å². The highest BCUT2D eigenvalue weighted by Crippen LogP contribution is 2.36. The molecule has 9 heteroatoms. The Morgan fingerprint density at radius 3 is 2.53 bits per heavy atom. The molecule has 1 amide bonds. The van der Waals surface area contributed by atoms with Gasteiger partial charge in [-0.2, -0.15) is 0 Å². The maximum atomic E-state index is 13.2. The fourth-order valence-electron chi connectivity index (χ4n) is 3.90. The van der Waals surface area contributed by atoms with Crippen molar-refractivity contribution in [2.75, 3.05) is 16.8 Å². The van der Waals surface area contributed by atoms with Crippen molar-refractivity contribution in [3.63, 3.8) is 0 Å². The summed E-state index contributed by atoms with van der Waals surface area (Å²) in [5, 5.41) is 10.9. The van der Waals surface area contributed by atoms with Gasteiger partial charge in [-0.3, -0.25) is 4.79 Å². The molecule has 1 N–H and O–H groups in total. The van der Waals surface area contributed by atoms with Crippen LogP contribution in [0, 0.1) is 19.8 Å². The molecule has 2 atom stereocenters. The van der Waals surface area contributed by atoms with Gasteiger partial charge in [-0.15, -0.1) is 10.2 Å². The monoisotopic (exact) mass is 471 g/mol. The van der Waals surface area contributed by atoms with Gasteiger partial charge in [0.05, 0.1) is 11.5 Å². The van der Waals surface area contributed by atoms with Gasteiger partial charge in [-0.1, -0.05) is 36.4 Å². The maximum Gasteiger partial charge on any atom is 0.277 e. The molecule has 1 aliphatic heterocycles. The second-order valence-electron chi connectivity index (χ2n) is 8.21. The average Bonchev–Trinajstić information content (AvgIpc) is 3.31. The largest absolute Gasteiger partial charge is 0.416 e. The Bertz CT molecular complexity index is 1190. The Morgan fingerprint density at radius 1 is 1.16 bits per heavy atom. The van der Waals surface area contributed by atoms with Crippen molar-refractivity contribution in [2.24, 2.45) is 5.92 Å². The lowest BCUT2D eigenvalue weighted by atomic mass is 10.1. The predicted octanol–water partition coefficient (Wildman–Crippen LogP) is 4.14. The number of amides is 1. The molecule has 1 aliphatic rings. The Labute approximate surface area is 191 Å². The summed E-state index contributed by atoms with van der Waals surface area (Å²) in [5.74, 6) is 0.574. The van der Waals surface area contributed by atoms with Crippen LogP contribution < -0.4 is 5.32 Å². The number of hydrogen-bond donors (Lipinski definition) is 1. The smallest absolute Gasteiger partial charge is 0.277 e. The van der Waals surface area contributed by atoms with Crippen LogP contribution in [0.15, 0.2) is 58.2 Å². The van der Waals surface area contributed by atoms with Gasteiger partial charge in [0.2, 0.25) is 11.8 Å². The first-order valence-electron chi connectivity index (χ1n) is 10.4. The molecule has 0 saturated carbocycles. The number of benzene rings is 2. The molecule has 2 aromatic carbocycles. The van der Waals surface area contributed by atoms with E-state index in [1.54, 1.807) is 0 Å². The van der Waals surface area contributed by atoms with E-state index in [1.165, 1.54) is 11.8 Å². The number of carbonyl (C=O) groups excluding carboxylic acids is 1. The predicted molar refractivity (Wildman–Crippen MR) is 124 cm³/mol. The molecule has 1 fully saturated rings. The summed E-state index contributed by atoms with van der Waals surface area (Å²) < 4.78 is 29.2. The Balaban J connectivity index is 1.50. The first-order chi connectivity index (χ1) is 15.3. The molecule has 4 rings (SSSR count). The van der Waals surface area contributed by atoms with Crippen LogP contribution in [0.4, 0.5) is 5.69 Å². The van der Waals surface area contributed by atoms with Crippen LogP contribution in [-0.4, -0.2) is 36.0 Å². The molecule has 3 aromatic rings. The van der Waals surface area contributed by atoms with E-state index in [0.29, 0.717) is 18.7 Å². The summed E-state index contributed by atoms with van der Waals surface area (Å²) in [4.78, 5) is 13.2. The second kappa shape index (κ2) is 9.46. The number of aromatic nitrogens is 2. The number of nitrogens with zero attached hydrogens (tertiary/aromatic N) is 2. The summed E-state index contributed by atoms with van der Waals surface area (Å²) in [6, 6.07) is 15.3. The van der Waals surface area contributed by atoms with Gasteiger partial charge in [-0.25, -0.2) is 8.42 Å². The molecule has 0 aliphatic carbocycles. The number of sulfone groups is 1. The summed E-state index contributed by atoms with van der Waals surface area (Å²) in [7, 11) is -2.96. The zero-order chi connectivity index (χ0) is 22.7. The number of carbonyl (C=O) groups is 1. The normalized spacial score (nSPS) is 18.4. The van der Waals surface area contributed by atoms with Crippen molar-refractivity contribution in [3.8, 4) is 0 Å². The standard InChI is InChI=1S/C23H25N3O4S2/c1-15-10-16(2)12-19(11-15)24-22(27)21(18-6-4-3-5-7-18)31-23-26-25-20(30-23)13-17-8-9-32(28,29)14-17/h3-7,10-12,17,21H,8-9,13-14H2,1-2H3,(H,24,27)/t17-,21-/m1/s1. The van der Waals surface area contributed by atoms with E-state index in [2.05, 4.69) is 21.6 Å². The quantitative estimate of drug-likeness (QED) is 0.517. The number of rotatable bonds is 7. The SMILES string of the molecule is Cc1cc(C)cc(NC(=O)[C@H](Sc2nnc(C[C@H]3CCS(=O)(=O)C3)o2)c2ccccc2)c1. The molecule has 2 heterocycles. The van der Waals surface area contributed by atoms with Gasteiger partial charge in [0.1, 0.15) is 5.25 Å². The molecule has 1 saturated heterocycles. The molecular formula is C23H25N3O4S2. The lowest BCUT2D eigenvalue weighted by molar-refractivity contribution is -0.115. The van der Waals surface area contributed by atoms with E-state index in [0.717, 1.165) is 22.4 Å². The van der Waals surface area contributed by atoms with Gasteiger partial charge in [-0.05, 0) is 66.8 Å². The van der Waals surface area contributed by atoms with E-state index in [-0.39, 0.29) is 28.6 Å². The van der Waals surface area contributed by atoms with E-state index in [9.17, 15) is 13.2 Å². The lowest BCUT2D eigenvalue weighted by Crippen LogP contribution is -2.19. The van der Waals surface area contributed by atoms with E-state index in [4.69, 9.17) is 4.42 Å². The average molecular weight is 472 g/mol. The third-order valence-corrected chi connectivity index (χ3v) is 8.21. The van der Waals surface area contributed by atoms with Crippen molar-refractivity contribution in [2.45, 2.75) is 37.2 Å². The molecule has 0 radical (unpaired) electrons. The maximum absolute atomic E-state index is 13.2. The summed E-state index contributed by atoms with van der Waals surface area (Å²) in [6.45, 7) is 3.98. The van der Waals surface area contributed by atoms with Gasteiger partial charge < -0.3 is 9.73 Å². The molecule has 0 bridgehead atoms. The Hall–Kier alpha value is -2.65. The number of nitrogens with one attached hydrogen (secondary N) is 1. The summed E-state index contributed by atoms with van der Waals surface area (Å²) in [5.41, 5.74) is 3.70. The van der Waals surface area contributed by atoms with E-state index >= 15 is 0 Å². The van der Waals surface area contributed by atoms with Crippen molar-refractivity contribution in [3.05, 3.63) is 71.1 Å². The van der Waals surface area contributed by atoms with Crippen LogP contribution in [0.5, 0.6) is 0 Å². The van der Waals surface area contributed by atoms with E-state index in [1.807, 2.05) is 56.3 Å². The fourth-order valence-corrected chi connectivity index (χ4v) is 6.66. The van der Waals surface area contributed by atoms with Crippen molar-refractivity contribution < 1.29 is 17.6 Å². The third-order valence-electron chi connectivity index (χ3n) is 5.29. The summed E-state index contributed by atoms with van der Waals surface area (Å²) >= 11 is 1.19. The highest BCUT2D eigenvalue weighted by molar-refractivity contribution is 8.00. The molecular weight excluding hydrogens is 446 g/mol. The van der Waals surface area contributed by atoms with Crippen molar-refractivity contribution >= 4 is 33.2 Å². The molecule has 168 valence electrons. The Morgan fingerprint density at radius 2 is 1.88 bits per heavy atom. The molecule has 0 unspecified atom stereocenters. The zero-order valence-electron chi connectivity index (χ0n) is 17.9. The van der Waals surface area contributed by atoms with Crippen LogP contribution in [-0.2, 0) is 21.1 Å². The van der Waals surface area contributed by atoms with Crippen LogP contribution in [0.1, 0.15) is 34.3 Å². The molecule has 32 heavy (non-hydrogen) atoms. The van der Waals surface area contributed by atoms with Crippen molar-refractivity contribution in [1.29, 1.82) is 0 Å². The molecule has 0 spiro atoms. The fraction of sp³-hybridized carbons (Fsp3) is 0.348. The minimum Gasteiger partial charge on any atom is -0.416 e. The van der Waals surface area contributed by atoms with Crippen molar-refractivity contribution in [1.82, 2.24) is 10.2 Å². The van der Waals surface area contributed by atoms with Crippen LogP contribution in [0.3, 0.4) is 0 Å². The molecule has 1 aromatic heterocycles. The molecule has 7 nitrogen and oxygen atoms in total. The lowest BCUT2D eigenvalue weighted by Gasteiger charge is -2.16. The number of hydrogen-bond acceptors (Lipinski definition) is 7. The minimum atomic E-state index is -2.96. The van der Waals surface area contributed by atoms with Gasteiger partial charge in [0, 0.05) is 12.1 Å². The van der Waals surface area contributed by atoms with Gasteiger partial charge >= 0.3 is 0 Å². The number of thioether (sulfide) groups is 1. The second-order valence-corrected chi connectivity index (χ2v) is 11.5. The number of aryl methyl sites for hydroxylation is 2. The highest BCUT2D eigenvalue weighted by atomic mass is 32.2. The van der Waals surface area contributed by atoms with Gasteiger partial charge in [0.25, 0.3) is 5.22 Å². The highest BCUT2D eigenvalue weighted by Gasteiger charge is 2.30. The first-order valence-corrected chi connectivity index (χ1v) is 13.1. The third kappa shape index (κ3) is 5.77. The Kier molecular flexibility index (Phi) is 6.66. The van der Waals surface area contributed by atoms with Crippen LogP contribution >= 0.6 is 11.8 Å².